The van der Waals surface area contributed by atoms with Gasteiger partial charge >= 0.3 is 0 Å². The summed E-state index contributed by atoms with van der Waals surface area (Å²) in [6.45, 7) is 1.91. The molecule has 0 aliphatic heterocycles. The number of rotatable bonds is 5. The van der Waals surface area contributed by atoms with E-state index in [0.717, 1.165) is 27.6 Å². The highest BCUT2D eigenvalue weighted by atomic mass is 32.1. The summed E-state index contributed by atoms with van der Waals surface area (Å²) in [4.78, 5) is 4.71. The van der Waals surface area contributed by atoms with E-state index in [9.17, 15) is 4.39 Å². The first kappa shape index (κ1) is 18.1. The third-order valence-corrected chi connectivity index (χ3v) is 5.20. The molecule has 142 valence electrons. The van der Waals surface area contributed by atoms with E-state index in [0.29, 0.717) is 17.2 Å². The first-order valence-corrected chi connectivity index (χ1v) is 9.35. The smallest absolute Gasteiger partial charge is 0.161 e. The lowest BCUT2D eigenvalue weighted by atomic mass is 10.1. The number of nitrogens with zero attached hydrogens (tertiary/aromatic N) is 4. The van der Waals surface area contributed by atoms with E-state index in [1.807, 2.05) is 30.5 Å². The quantitative estimate of drug-likeness (QED) is 0.496. The standard InChI is InChI=1S/C20H17FN4O2S/c1-12-19(23-24-25(12)15-7-5-14(21)6-8-15)20-22-16(11-28-20)13-4-9-17(26-2)18(10-13)27-3/h4-11H,1-3H3. The normalized spacial score (nSPS) is 10.9. The molecule has 4 aromatic rings. The van der Waals surface area contributed by atoms with Gasteiger partial charge in [-0.3, -0.25) is 0 Å². The lowest BCUT2D eigenvalue weighted by molar-refractivity contribution is 0.355. The molecule has 0 radical (unpaired) electrons. The van der Waals surface area contributed by atoms with Gasteiger partial charge < -0.3 is 9.47 Å². The van der Waals surface area contributed by atoms with Crippen molar-refractivity contribution >= 4 is 11.3 Å². The molecule has 0 aliphatic rings. The maximum Gasteiger partial charge on any atom is 0.161 e. The van der Waals surface area contributed by atoms with Crippen molar-refractivity contribution < 1.29 is 13.9 Å². The second kappa shape index (κ2) is 7.40. The number of ether oxygens (including phenoxy) is 2. The second-order valence-electron chi connectivity index (χ2n) is 6.02. The molecule has 0 N–H and O–H groups in total. The molecule has 0 saturated heterocycles. The number of halogens is 1. The summed E-state index contributed by atoms with van der Waals surface area (Å²) < 4.78 is 25.5. The lowest BCUT2D eigenvalue weighted by Crippen LogP contribution is -1.99. The fourth-order valence-corrected chi connectivity index (χ4v) is 3.73. The Morgan fingerprint density at radius 1 is 1.00 bits per heavy atom. The molecule has 6 nitrogen and oxygen atoms in total. The highest BCUT2D eigenvalue weighted by Gasteiger charge is 2.17. The van der Waals surface area contributed by atoms with Crippen LogP contribution in [0.5, 0.6) is 11.5 Å². The van der Waals surface area contributed by atoms with Crippen LogP contribution >= 0.6 is 11.3 Å². The third-order valence-electron chi connectivity index (χ3n) is 4.35. The summed E-state index contributed by atoms with van der Waals surface area (Å²) in [5.41, 5.74) is 4.01. The molecule has 0 unspecified atom stereocenters. The van der Waals surface area contributed by atoms with Gasteiger partial charge in [0.1, 0.15) is 16.5 Å². The number of hydrogen-bond donors (Lipinski definition) is 0. The van der Waals surface area contributed by atoms with Crippen molar-refractivity contribution in [3.63, 3.8) is 0 Å². The monoisotopic (exact) mass is 396 g/mol. The van der Waals surface area contributed by atoms with E-state index in [1.165, 1.54) is 23.5 Å². The molecule has 2 heterocycles. The molecule has 28 heavy (non-hydrogen) atoms. The number of hydrogen-bond acceptors (Lipinski definition) is 6. The number of aromatic nitrogens is 4. The number of thiazole rings is 1. The van der Waals surface area contributed by atoms with E-state index in [2.05, 4.69) is 10.3 Å². The number of methoxy groups -OCH3 is 2. The Bertz CT molecular complexity index is 1120. The SMILES string of the molecule is COc1ccc(-c2csc(-c3nnn(-c4ccc(F)cc4)c3C)n2)cc1OC. The van der Waals surface area contributed by atoms with Gasteiger partial charge in [0.25, 0.3) is 0 Å². The minimum atomic E-state index is -0.291. The van der Waals surface area contributed by atoms with Crippen LogP contribution in [0.4, 0.5) is 4.39 Å². The van der Waals surface area contributed by atoms with Gasteiger partial charge in [0.2, 0.25) is 0 Å². The van der Waals surface area contributed by atoms with Gasteiger partial charge in [-0.15, -0.1) is 16.4 Å². The van der Waals surface area contributed by atoms with Gasteiger partial charge in [0, 0.05) is 10.9 Å². The first-order valence-electron chi connectivity index (χ1n) is 8.47. The minimum Gasteiger partial charge on any atom is -0.493 e. The summed E-state index contributed by atoms with van der Waals surface area (Å²) >= 11 is 1.49. The summed E-state index contributed by atoms with van der Waals surface area (Å²) in [6, 6.07) is 11.8. The van der Waals surface area contributed by atoms with Crippen LogP contribution in [0.15, 0.2) is 47.8 Å². The van der Waals surface area contributed by atoms with E-state index in [-0.39, 0.29) is 5.82 Å². The van der Waals surface area contributed by atoms with Crippen LogP contribution in [-0.4, -0.2) is 34.2 Å². The van der Waals surface area contributed by atoms with Crippen molar-refractivity contribution in [1.82, 2.24) is 20.0 Å². The molecule has 0 bridgehead atoms. The Hall–Kier alpha value is -3.26. The number of benzene rings is 2. The predicted octanol–water partition coefficient (Wildman–Crippen LogP) is 4.52. The molecule has 2 aromatic heterocycles. The minimum absolute atomic E-state index is 0.291. The van der Waals surface area contributed by atoms with Crippen LogP contribution in [0.2, 0.25) is 0 Å². The molecule has 0 spiro atoms. The summed E-state index contributed by atoms with van der Waals surface area (Å²) in [7, 11) is 3.21. The topological polar surface area (TPSA) is 62.1 Å². The molecule has 0 aliphatic carbocycles. The Morgan fingerprint density at radius 2 is 1.75 bits per heavy atom. The average molecular weight is 396 g/mol. The lowest BCUT2D eigenvalue weighted by Gasteiger charge is -2.08. The van der Waals surface area contributed by atoms with Crippen molar-refractivity contribution in [3.8, 4) is 39.1 Å². The Morgan fingerprint density at radius 3 is 2.46 bits per heavy atom. The fraction of sp³-hybridized carbons (Fsp3) is 0.150. The maximum absolute atomic E-state index is 13.2. The molecule has 4 rings (SSSR count). The van der Waals surface area contributed by atoms with Gasteiger partial charge in [0.15, 0.2) is 11.5 Å². The van der Waals surface area contributed by atoms with Crippen molar-refractivity contribution in [2.45, 2.75) is 6.92 Å². The van der Waals surface area contributed by atoms with Crippen LogP contribution in [0.25, 0.3) is 27.6 Å². The van der Waals surface area contributed by atoms with Gasteiger partial charge in [-0.25, -0.2) is 14.1 Å². The molecular weight excluding hydrogens is 379 g/mol. The van der Waals surface area contributed by atoms with Crippen LogP contribution in [-0.2, 0) is 0 Å². The summed E-state index contributed by atoms with van der Waals surface area (Å²) in [6.07, 6.45) is 0. The zero-order chi connectivity index (χ0) is 19.7. The van der Waals surface area contributed by atoms with Gasteiger partial charge in [0.05, 0.1) is 31.3 Å². The third kappa shape index (κ3) is 3.22. The second-order valence-corrected chi connectivity index (χ2v) is 6.88. The van der Waals surface area contributed by atoms with E-state index >= 15 is 0 Å². The van der Waals surface area contributed by atoms with Gasteiger partial charge in [-0.05, 0) is 49.4 Å². The van der Waals surface area contributed by atoms with Crippen LogP contribution in [0.1, 0.15) is 5.69 Å². The van der Waals surface area contributed by atoms with Crippen molar-refractivity contribution in [3.05, 3.63) is 59.4 Å². The Labute approximate surface area is 165 Å². The highest BCUT2D eigenvalue weighted by Crippen LogP contribution is 2.35. The Kier molecular flexibility index (Phi) is 4.79. The Balaban J connectivity index is 1.68. The zero-order valence-electron chi connectivity index (χ0n) is 15.5. The average Bonchev–Trinajstić information content (AvgIpc) is 3.35. The molecular formula is C20H17FN4O2S. The molecule has 0 saturated carbocycles. The van der Waals surface area contributed by atoms with Crippen LogP contribution < -0.4 is 9.47 Å². The van der Waals surface area contributed by atoms with Gasteiger partial charge in [-0.1, -0.05) is 5.21 Å². The summed E-state index contributed by atoms with van der Waals surface area (Å²) in [5, 5.41) is 11.2. The predicted molar refractivity (Wildman–Crippen MR) is 106 cm³/mol. The van der Waals surface area contributed by atoms with Crippen molar-refractivity contribution in [2.75, 3.05) is 14.2 Å². The zero-order valence-corrected chi connectivity index (χ0v) is 16.3. The maximum atomic E-state index is 13.2. The van der Waals surface area contributed by atoms with Crippen molar-refractivity contribution in [2.24, 2.45) is 0 Å². The van der Waals surface area contributed by atoms with E-state index in [1.54, 1.807) is 31.0 Å². The molecule has 0 amide bonds. The van der Waals surface area contributed by atoms with Gasteiger partial charge in [-0.2, -0.15) is 0 Å². The van der Waals surface area contributed by atoms with E-state index in [4.69, 9.17) is 14.5 Å². The highest BCUT2D eigenvalue weighted by molar-refractivity contribution is 7.13. The van der Waals surface area contributed by atoms with E-state index < -0.39 is 0 Å². The molecule has 8 heteroatoms. The largest absolute Gasteiger partial charge is 0.493 e. The summed E-state index contributed by atoms with van der Waals surface area (Å²) in [5.74, 6) is 1.02. The first-order chi connectivity index (χ1) is 13.6. The molecule has 0 atom stereocenters. The van der Waals surface area contributed by atoms with Crippen LogP contribution in [0.3, 0.4) is 0 Å². The molecule has 2 aromatic carbocycles. The van der Waals surface area contributed by atoms with Crippen molar-refractivity contribution in [1.29, 1.82) is 0 Å². The molecule has 0 fully saturated rings. The van der Waals surface area contributed by atoms with Crippen LogP contribution in [0, 0.1) is 12.7 Å². The fourth-order valence-electron chi connectivity index (χ4n) is 2.86.